The molecule has 2 aromatic carbocycles. The van der Waals surface area contributed by atoms with E-state index in [1.807, 2.05) is 0 Å². The molecule has 2 aromatic heterocycles. The van der Waals surface area contributed by atoms with Gasteiger partial charge in [0.25, 0.3) is 10.0 Å². The lowest BCUT2D eigenvalue weighted by molar-refractivity contribution is 0.416. The van der Waals surface area contributed by atoms with Gasteiger partial charge in [0, 0.05) is 28.4 Å². The molecule has 0 aliphatic rings. The van der Waals surface area contributed by atoms with Crippen LogP contribution in [-0.4, -0.2) is 25.5 Å². The summed E-state index contributed by atoms with van der Waals surface area (Å²) >= 11 is 7.24. The maximum atomic E-state index is 12.8. The number of methoxy groups -OCH3 is 1. The Morgan fingerprint density at radius 2 is 2.00 bits per heavy atom. The first kappa shape index (κ1) is 20.1. The Hall–Kier alpha value is -3.19. The molecule has 150 valence electrons. The maximum Gasteiger partial charge on any atom is 0.263 e. The van der Waals surface area contributed by atoms with E-state index in [2.05, 4.69) is 19.5 Å². The molecule has 0 unspecified atom stereocenters. The van der Waals surface area contributed by atoms with E-state index in [9.17, 15) is 8.42 Å². The number of thiazole rings is 1. The smallest absolute Gasteiger partial charge is 0.263 e. The van der Waals surface area contributed by atoms with Crippen molar-refractivity contribution in [1.82, 2.24) is 9.97 Å². The molecule has 0 saturated heterocycles. The molecule has 4 aromatic rings. The third kappa shape index (κ3) is 3.68. The minimum Gasteiger partial charge on any atom is -0.496 e. The zero-order chi connectivity index (χ0) is 21.3. The van der Waals surface area contributed by atoms with Gasteiger partial charge in [0.1, 0.15) is 5.75 Å². The van der Waals surface area contributed by atoms with Crippen LogP contribution in [0.1, 0.15) is 0 Å². The maximum absolute atomic E-state index is 12.8. The Balaban J connectivity index is 1.90. The van der Waals surface area contributed by atoms with Crippen molar-refractivity contribution in [1.29, 1.82) is 0 Å². The van der Waals surface area contributed by atoms with Crippen LogP contribution in [0.3, 0.4) is 0 Å². The Labute approximate surface area is 181 Å². The second-order valence-electron chi connectivity index (χ2n) is 6.10. The van der Waals surface area contributed by atoms with Crippen molar-refractivity contribution in [3.8, 4) is 17.0 Å². The van der Waals surface area contributed by atoms with Gasteiger partial charge in [-0.3, -0.25) is 9.71 Å². The van der Waals surface area contributed by atoms with E-state index >= 15 is 0 Å². The van der Waals surface area contributed by atoms with Gasteiger partial charge >= 0.3 is 0 Å². The Kier molecular flexibility index (Phi) is 5.30. The van der Waals surface area contributed by atoms with E-state index in [-0.39, 0.29) is 15.7 Å². The largest absolute Gasteiger partial charge is 0.496 e. The molecular weight excluding hydrogens is 444 g/mol. The van der Waals surface area contributed by atoms with Gasteiger partial charge < -0.3 is 4.74 Å². The molecule has 0 radical (unpaired) electrons. The molecular formula is C20H13ClN4O3S2. The fraction of sp³-hybridized carbons (Fsp3) is 0.0500. The van der Waals surface area contributed by atoms with Crippen LogP contribution < -0.4 is 9.46 Å². The zero-order valence-corrected chi connectivity index (χ0v) is 17.8. The van der Waals surface area contributed by atoms with Crippen LogP contribution in [0.25, 0.3) is 26.9 Å². The number of halogens is 1. The molecule has 0 amide bonds. The fourth-order valence-corrected chi connectivity index (χ4v) is 4.96. The number of ether oxygens (including phenoxy) is 1. The zero-order valence-electron chi connectivity index (χ0n) is 15.5. The van der Waals surface area contributed by atoms with E-state index < -0.39 is 10.0 Å². The molecule has 30 heavy (non-hydrogen) atoms. The number of benzene rings is 2. The van der Waals surface area contributed by atoms with Crippen LogP contribution in [0.4, 0.5) is 10.8 Å². The van der Waals surface area contributed by atoms with Crippen LogP contribution >= 0.6 is 22.9 Å². The van der Waals surface area contributed by atoms with Crippen molar-refractivity contribution >= 4 is 54.6 Å². The van der Waals surface area contributed by atoms with E-state index in [4.69, 9.17) is 22.9 Å². The molecule has 0 spiro atoms. The van der Waals surface area contributed by atoms with Gasteiger partial charge in [0.15, 0.2) is 5.13 Å². The predicted octanol–water partition coefficient (Wildman–Crippen LogP) is 5.37. The normalized spacial score (nSPS) is 11.2. The van der Waals surface area contributed by atoms with Crippen LogP contribution in [0.5, 0.6) is 5.75 Å². The molecule has 7 nitrogen and oxygen atoms in total. The number of pyridine rings is 1. The van der Waals surface area contributed by atoms with Gasteiger partial charge in [-0.15, -0.1) is 11.3 Å². The summed E-state index contributed by atoms with van der Waals surface area (Å²) in [6.07, 6.45) is 2.93. The van der Waals surface area contributed by atoms with Crippen molar-refractivity contribution in [2.45, 2.75) is 4.90 Å². The SMILES string of the molecule is [C-]#[N+]c1cnc(-c2ccc(Cl)cc2OC)c2ccc(S(=O)(=O)Nc3nccs3)cc12. The summed E-state index contributed by atoms with van der Waals surface area (Å²) < 4.78 is 33.4. The molecule has 1 N–H and O–H groups in total. The Bertz CT molecular complexity index is 1400. The molecule has 0 saturated carbocycles. The summed E-state index contributed by atoms with van der Waals surface area (Å²) in [7, 11) is -2.34. The van der Waals surface area contributed by atoms with Crippen molar-refractivity contribution < 1.29 is 13.2 Å². The monoisotopic (exact) mass is 456 g/mol. The third-order valence-corrected chi connectivity index (χ3v) is 6.73. The lowest BCUT2D eigenvalue weighted by Crippen LogP contribution is -2.12. The molecule has 2 heterocycles. The first-order valence-electron chi connectivity index (χ1n) is 8.49. The van der Waals surface area contributed by atoms with Crippen LogP contribution in [0.2, 0.25) is 5.02 Å². The molecule has 0 aliphatic carbocycles. The average Bonchev–Trinajstić information content (AvgIpc) is 3.25. The highest BCUT2D eigenvalue weighted by Crippen LogP contribution is 2.39. The fourth-order valence-electron chi connectivity index (χ4n) is 2.99. The molecule has 0 aliphatic heterocycles. The van der Waals surface area contributed by atoms with E-state index in [0.717, 1.165) is 0 Å². The number of fused-ring (bicyclic) bond motifs is 1. The van der Waals surface area contributed by atoms with Gasteiger partial charge in [-0.1, -0.05) is 17.7 Å². The highest BCUT2D eigenvalue weighted by Gasteiger charge is 2.19. The van der Waals surface area contributed by atoms with E-state index in [1.165, 1.54) is 43.0 Å². The summed E-state index contributed by atoms with van der Waals surface area (Å²) in [4.78, 5) is 11.9. The third-order valence-electron chi connectivity index (χ3n) is 4.34. The molecule has 10 heteroatoms. The van der Waals surface area contributed by atoms with Crippen LogP contribution in [0, 0.1) is 6.57 Å². The van der Waals surface area contributed by atoms with E-state index in [1.54, 1.807) is 29.6 Å². The van der Waals surface area contributed by atoms with Crippen molar-refractivity contribution in [2.24, 2.45) is 0 Å². The minimum absolute atomic E-state index is 0.0234. The molecule has 0 bridgehead atoms. The number of sulfonamides is 1. The molecule has 4 rings (SSSR count). The number of nitrogens with zero attached hydrogens (tertiary/aromatic N) is 3. The lowest BCUT2D eigenvalue weighted by atomic mass is 10.0. The molecule has 0 fully saturated rings. The Morgan fingerprint density at radius 1 is 1.17 bits per heavy atom. The minimum atomic E-state index is -3.86. The first-order valence-corrected chi connectivity index (χ1v) is 11.2. The number of rotatable bonds is 5. The number of anilines is 1. The second-order valence-corrected chi connectivity index (χ2v) is 9.11. The van der Waals surface area contributed by atoms with Gasteiger partial charge in [0.2, 0.25) is 5.69 Å². The van der Waals surface area contributed by atoms with Crippen molar-refractivity contribution in [2.75, 3.05) is 11.8 Å². The molecule has 0 atom stereocenters. The lowest BCUT2D eigenvalue weighted by Gasteiger charge is -2.13. The van der Waals surface area contributed by atoms with Gasteiger partial charge in [-0.05, 0) is 41.1 Å². The number of nitrogens with one attached hydrogen (secondary N) is 1. The van der Waals surface area contributed by atoms with Gasteiger partial charge in [-0.25, -0.2) is 18.2 Å². The topological polar surface area (TPSA) is 85.5 Å². The average molecular weight is 457 g/mol. The summed E-state index contributed by atoms with van der Waals surface area (Å²) in [5.41, 5.74) is 1.48. The van der Waals surface area contributed by atoms with E-state index in [0.29, 0.717) is 32.8 Å². The Morgan fingerprint density at radius 3 is 2.70 bits per heavy atom. The van der Waals surface area contributed by atoms with Crippen LogP contribution in [0.15, 0.2) is 59.1 Å². The summed E-state index contributed by atoms with van der Waals surface area (Å²) in [6, 6.07) is 9.73. The second kappa shape index (κ2) is 7.91. The predicted molar refractivity (Wildman–Crippen MR) is 118 cm³/mol. The van der Waals surface area contributed by atoms with Crippen LogP contribution in [-0.2, 0) is 10.0 Å². The standard InChI is InChI=1S/C20H13ClN4O3S2/c1-22-17-11-24-19(15-5-3-12(21)9-18(15)28-2)14-6-4-13(10-16(14)17)30(26,27)25-20-23-7-8-29-20/h3-11H,2H3,(H,23,25). The number of hydrogen-bond acceptors (Lipinski definition) is 6. The van der Waals surface area contributed by atoms with Crippen molar-refractivity contribution in [3.05, 3.63) is 70.6 Å². The van der Waals surface area contributed by atoms with Gasteiger partial charge in [0.05, 0.1) is 24.3 Å². The van der Waals surface area contributed by atoms with Crippen molar-refractivity contribution in [3.63, 3.8) is 0 Å². The number of hydrogen-bond donors (Lipinski definition) is 1. The summed E-state index contributed by atoms with van der Waals surface area (Å²) in [6.45, 7) is 7.46. The highest BCUT2D eigenvalue weighted by molar-refractivity contribution is 7.93. The first-order chi connectivity index (χ1) is 14.4. The van der Waals surface area contributed by atoms with Gasteiger partial charge in [-0.2, -0.15) is 0 Å². The summed E-state index contributed by atoms with van der Waals surface area (Å²) in [5, 5.41) is 3.54. The summed E-state index contributed by atoms with van der Waals surface area (Å²) in [5.74, 6) is 0.522. The number of aromatic nitrogens is 2. The quantitative estimate of drug-likeness (QED) is 0.408. The highest BCUT2D eigenvalue weighted by atomic mass is 35.5.